The number of nitrogens with zero attached hydrogens (tertiary/aromatic N) is 5. The molecular formula is C13H9ClN6O3. The van der Waals surface area contributed by atoms with Crippen LogP contribution in [-0.2, 0) is 0 Å². The van der Waals surface area contributed by atoms with Crippen molar-refractivity contribution in [1.29, 1.82) is 0 Å². The number of carbonyl (C=O) groups is 1. The van der Waals surface area contributed by atoms with Gasteiger partial charge >= 0.3 is 5.97 Å². The van der Waals surface area contributed by atoms with Crippen LogP contribution in [0, 0.1) is 0 Å². The fourth-order valence-electron chi connectivity index (χ4n) is 1.80. The fraction of sp³-hybridized carbons (Fsp3) is 0. The van der Waals surface area contributed by atoms with Gasteiger partial charge in [-0.15, -0.1) is 0 Å². The van der Waals surface area contributed by atoms with E-state index in [9.17, 15) is 4.79 Å². The Morgan fingerprint density at radius 2 is 2.22 bits per heavy atom. The number of carboxylic acids is 1. The van der Waals surface area contributed by atoms with Crippen LogP contribution >= 0.6 is 11.6 Å². The minimum Gasteiger partial charge on any atom is -0.478 e. The lowest BCUT2D eigenvalue weighted by Gasteiger charge is -2.01. The molecule has 3 aromatic rings. The Balaban J connectivity index is 1.87. The van der Waals surface area contributed by atoms with Gasteiger partial charge in [0, 0.05) is 5.56 Å². The predicted octanol–water partition coefficient (Wildman–Crippen LogP) is 1.75. The first-order valence-corrected chi connectivity index (χ1v) is 6.63. The maximum atomic E-state index is 11.1. The molecule has 116 valence electrons. The minimum absolute atomic E-state index is 0.00255. The second-order valence-electron chi connectivity index (χ2n) is 4.37. The second-order valence-corrected chi connectivity index (χ2v) is 4.78. The topological polar surface area (TPSA) is 132 Å². The Bertz CT molecular complexity index is 901. The molecule has 0 spiro atoms. The summed E-state index contributed by atoms with van der Waals surface area (Å²) in [6.07, 6.45) is 1.38. The third-order valence-corrected chi connectivity index (χ3v) is 3.21. The van der Waals surface area contributed by atoms with Gasteiger partial charge in [-0.3, -0.25) is 0 Å². The van der Waals surface area contributed by atoms with Crippen molar-refractivity contribution in [2.45, 2.75) is 0 Å². The highest BCUT2D eigenvalue weighted by Crippen LogP contribution is 2.26. The van der Waals surface area contributed by atoms with Crippen LogP contribution < -0.4 is 5.73 Å². The van der Waals surface area contributed by atoms with Gasteiger partial charge in [-0.2, -0.15) is 5.10 Å². The van der Waals surface area contributed by atoms with Crippen molar-refractivity contribution in [1.82, 2.24) is 20.3 Å². The zero-order valence-electron chi connectivity index (χ0n) is 11.4. The van der Waals surface area contributed by atoms with Crippen LogP contribution in [0.5, 0.6) is 0 Å². The number of carboxylic acid groups (broad SMARTS) is 1. The standard InChI is InChI=1S/C13H9ClN6O3/c14-10-3-1-7(5-9(10)12(21)22)11-4-2-8(23-11)6-16-20-13(15)17-18-19-20/h1-6H,(H,21,22)(H2,15,17,19). The summed E-state index contributed by atoms with van der Waals surface area (Å²) in [6.45, 7) is 0. The molecule has 0 bridgehead atoms. The van der Waals surface area contributed by atoms with Gasteiger partial charge in [-0.05, 0) is 40.8 Å². The Morgan fingerprint density at radius 1 is 1.39 bits per heavy atom. The second kappa shape index (κ2) is 5.89. The van der Waals surface area contributed by atoms with Gasteiger partial charge in [0.1, 0.15) is 11.5 Å². The Labute approximate surface area is 134 Å². The average Bonchev–Trinajstić information content (AvgIpc) is 3.14. The summed E-state index contributed by atoms with van der Waals surface area (Å²) in [5.74, 6) is -0.187. The number of benzene rings is 1. The van der Waals surface area contributed by atoms with E-state index in [0.717, 1.165) is 4.79 Å². The average molecular weight is 333 g/mol. The number of hydrogen-bond donors (Lipinski definition) is 2. The van der Waals surface area contributed by atoms with E-state index in [1.54, 1.807) is 18.2 Å². The molecule has 3 rings (SSSR count). The molecule has 2 heterocycles. The van der Waals surface area contributed by atoms with E-state index in [1.807, 2.05) is 0 Å². The largest absolute Gasteiger partial charge is 0.478 e. The van der Waals surface area contributed by atoms with Crippen molar-refractivity contribution in [2.75, 3.05) is 5.73 Å². The number of nitrogen functional groups attached to an aromatic ring is 1. The molecule has 0 aliphatic carbocycles. The smallest absolute Gasteiger partial charge is 0.337 e. The van der Waals surface area contributed by atoms with E-state index in [0.29, 0.717) is 17.1 Å². The maximum absolute atomic E-state index is 11.1. The number of aromatic nitrogens is 4. The van der Waals surface area contributed by atoms with Gasteiger partial charge in [-0.1, -0.05) is 21.5 Å². The molecule has 0 atom stereocenters. The molecule has 0 aliphatic heterocycles. The number of rotatable bonds is 4. The van der Waals surface area contributed by atoms with Gasteiger partial charge in [0.25, 0.3) is 5.95 Å². The van der Waals surface area contributed by atoms with Crippen LogP contribution in [0.3, 0.4) is 0 Å². The predicted molar refractivity (Wildman–Crippen MR) is 81.3 cm³/mol. The summed E-state index contributed by atoms with van der Waals surface area (Å²) in [4.78, 5) is 12.1. The van der Waals surface area contributed by atoms with Crippen molar-refractivity contribution >= 4 is 29.7 Å². The van der Waals surface area contributed by atoms with Gasteiger partial charge in [-0.25, -0.2) is 4.79 Å². The van der Waals surface area contributed by atoms with E-state index in [1.165, 1.54) is 18.3 Å². The summed E-state index contributed by atoms with van der Waals surface area (Å²) in [5.41, 5.74) is 6.05. The molecule has 10 heteroatoms. The zero-order chi connectivity index (χ0) is 16.4. The van der Waals surface area contributed by atoms with Crippen LogP contribution in [0.4, 0.5) is 5.95 Å². The number of nitrogens with two attached hydrogens (primary N) is 1. The van der Waals surface area contributed by atoms with E-state index < -0.39 is 5.97 Å². The summed E-state index contributed by atoms with van der Waals surface area (Å²) >= 11 is 5.84. The quantitative estimate of drug-likeness (QED) is 0.695. The third-order valence-electron chi connectivity index (χ3n) is 2.88. The summed E-state index contributed by atoms with van der Waals surface area (Å²) < 4.78 is 5.57. The first-order valence-electron chi connectivity index (χ1n) is 6.26. The Hall–Kier alpha value is -3.20. The van der Waals surface area contributed by atoms with Crippen molar-refractivity contribution in [3.05, 3.63) is 46.7 Å². The molecule has 1 aromatic carbocycles. The van der Waals surface area contributed by atoms with Gasteiger partial charge in [0.2, 0.25) is 0 Å². The molecule has 0 aliphatic rings. The van der Waals surface area contributed by atoms with Gasteiger partial charge in [0.05, 0.1) is 16.8 Å². The number of anilines is 1. The highest BCUT2D eigenvalue weighted by atomic mass is 35.5. The summed E-state index contributed by atoms with van der Waals surface area (Å²) in [5, 5.41) is 23.5. The number of furan rings is 1. The summed E-state index contributed by atoms with van der Waals surface area (Å²) in [7, 11) is 0. The summed E-state index contributed by atoms with van der Waals surface area (Å²) in [6, 6.07) is 7.93. The van der Waals surface area contributed by atoms with Crippen molar-refractivity contribution in [2.24, 2.45) is 5.10 Å². The molecule has 0 unspecified atom stereocenters. The van der Waals surface area contributed by atoms with Gasteiger partial charge < -0.3 is 15.3 Å². The number of tetrazole rings is 1. The zero-order valence-corrected chi connectivity index (χ0v) is 12.2. The lowest BCUT2D eigenvalue weighted by atomic mass is 10.1. The van der Waals surface area contributed by atoms with Crippen LogP contribution in [0.25, 0.3) is 11.3 Å². The van der Waals surface area contributed by atoms with Crippen molar-refractivity contribution < 1.29 is 14.3 Å². The number of hydrogen-bond acceptors (Lipinski definition) is 7. The molecule has 9 nitrogen and oxygen atoms in total. The SMILES string of the molecule is Nc1nnnn1N=Cc1ccc(-c2ccc(Cl)c(C(=O)O)c2)o1. The van der Waals surface area contributed by atoms with E-state index >= 15 is 0 Å². The normalized spacial score (nSPS) is 11.2. The van der Waals surface area contributed by atoms with Crippen LogP contribution in [0.1, 0.15) is 16.1 Å². The van der Waals surface area contributed by atoms with Gasteiger partial charge in [0.15, 0.2) is 0 Å². The third kappa shape index (κ3) is 3.04. The number of halogens is 1. The highest BCUT2D eigenvalue weighted by Gasteiger charge is 2.12. The minimum atomic E-state index is -1.11. The molecule has 0 radical (unpaired) electrons. The first kappa shape index (κ1) is 14.7. The molecule has 2 aromatic heterocycles. The monoisotopic (exact) mass is 332 g/mol. The number of aromatic carboxylic acids is 1. The molecule has 23 heavy (non-hydrogen) atoms. The molecule has 0 fully saturated rings. The highest BCUT2D eigenvalue weighted by molar-refractivity contribution is 6.33. The van der Waals surface area contributed by atoms with Crippen molar-refractivity contribution in [3.8, 4) is 11.3 Å². The van der Waals surface area contributed by atoms with Crippen LogP contribution in [-0.4, -0.2) is 37.6 Å². The van der Waals surface area contributed by atoms with Crippen LogP contribution in [0.2, 0.25) is 5.02 Å². The molecule has 0 saturated carbocycles. The lowest BCUT2D eigenvalue weighted by Crippen LogP contribution is -1.99. The van der Waals surface area contributed by atoms with E-state index in [4.69, 9.17) is 26.9 Å². The van der Waals surface area contributed by atoms with Crippen LogP contribution in [0.15, 0.2) is 39.9 Å². The molecular weight excluding hydrogens is 324 g/mol. The fourth-order valence-corrected chi connectivity index (χ4v) is 2.00. The first-order chi connectivity index (χ1) is 11.0. The van der Waals surface area contributed by atoms with Crippen molar-refractivity contribution in [3.63, 3.8) is 0 Å². The Kier molecular flexibility index (Phi) is 3.77. The maximum Gasteiger partial charge on any atom is 0.337 e. The van der Waals surface area contributed by atoms with E-state index in [-0.39, 0.29) is 16.5 Å². The van der Waals surface area contributed by atoms with E-state index in [2.05, 4.69) is 20.6 Å². The molecule has 3 N–H and O–H groups in total. The lowest BCUT2D eigenvalue weighted by molar-refractivity contribution is 0.0697. The molecule has 0 amide bonds. The Morgan fingerprint density at radius 3 is 2.91 bits per heavy atom. The molecule has 0 saturated heterocycles.